The third kappa shape index (κ3) is 4.18. The summed E-state index contributed by atoms with van der Waals surface area (Å²) in [6.45, 7) is 7.26. The van der Waals surface area contributed by atoms with Gasteiger partial charge in [0.2, 0.25) is 0 Å². The summed E-state index contributed by atoms with van der Waals surface area (Å²) >= 11 is 0. The smallest absolute Gasteiger partial charge is 0.138 e. The Labute approximate surface area is 132 Å². The van der Waals surface area contributed by atoms with Gasteiger partial charge in [0, 0.05) is 37.9 Å². The number of piperidine rings is 1. The lowest BCUT2D eigenvalue weighted by Gasteiger charge is -2.32. The Bertz CT molecular complexity index is 481. The van der Waals surface area contributed by atoms with Gasteiger partial charge in [0.25, 0.3) is 0 Å². The van der Waals surface area contributed by atoms with Crippen LogP contribution in [0.25, 0.3) is 0 Å². The van der Waals surface area contributed by atoms with E-state index in [2.05, 4.69) is 9.88 Å². The first-order valence-corrected chi connectivity index (χ1v) is 8.28. The van der Waals surface area contributed by atoms with Crippen molar-refractivity contribution in [2.75, 3.05) is 32.9 Å². The maximum absolute atomic E-state index is 9.90. The lowest BCUT2D eigenvalue weighted by Crippen LogP contribution is -2.37. The molecule has 0 amide bonds. The Morgan fingerprint density at radius 2 is 2.14 bits per heavy atom. The number of hydrogen-bond acceptors (Lipinski definition) is 5. The molecule has 22 heavy (non-hydrogen) atoms. The SMILES string of the molecule is Cc1ccc(O)c(CN2CCC(OC[C@H]3CCOC3)CC2)n1. The second-order valence-corrected chi connectivity index (χ2v) is 6.46. The standard InChI is InChI=1S/C17H26N2O3/c1-13-2-3-17(20)16(18-13)10-19-7-4-15(5-8-19)22-12-14-6-9-21-11-14/h2-3,14-15,20H,4-12H2,1H3/t14-/m0/s1. The minimum atomic E-state index is 0.296. The van der Waals surface area contributed by atoms with Crippen LogP contribution in [0.5, 0.6) is 5.75 Å². The van der Waals surface area contributed by atoms with Crippen molar-refractivity contribution < 1.29 is 14.6 Å². The van der Waals surface area contributed by atoms with Crippen LogP contribution in [0.15, 0.2) is 12.1 Å². The molecule has 0 spiro atoms. The van der Waals surface area contributed by atoms with Crippen molar-refractivity contribution >= 4 is 0 Å². The summed E-state index contributed by atoms with van der Waals surface area (Å²) in [5.41, 5.74) is 1.73. The molecule has 0 bridgehead atoms. The van der Waals surface area contributed by atoms with E-state index in [1.165, 1.54) is 0 Å². The van der Waals surface area contributed by atoms with Crippen molar-refractivity contribution in [3.05, 3.63) is 23.5 Å². The van der Waals surface area contributed by atoms with E-state index in [9.17, 15) is 5.11 Å². The number of rotatable bonds is 5. The average molecular weight is 306 g/mol. The van der Waals surface area contributed by atoms with Crippen LogP contribution in [0.4, 0.5) is 0 Å². The van der Waals surface area contributed by atoms with Crippen LogP contribution >= 0.6 is 0 Å². The van der Waals surface area contributed by atoms with E-state index in [1.807, 2.05) is 13.0 Å². The van der Waals surface area contributed by atoms with Crippen LogP contribution < -0.4 is 0 Å². The summed E-state index contributed by atoms with van der Waals surface area (Å²) in [6, 6.07) is 3.57. The van der Waals surface area contributed by atoms with Gasteiger partial charge in [-0.2, -0.15) is 0 Å². The minimum Gasteiger partial charge on any atom is -0.506 e. The van der Waals surface area contributed by atoms with Gasteiger partial charge in [-0.25, -0.2) is 0 Å². The van der Waals surface area contributed by atoms with Gasteiger partial charge in [-0.1, -0.05) is 0 Å². The summed E-state index contributed by atoms with van der Waals surface area (Å²) in [7, 11) is 0. The van der Waals surface area contributed by atoms with E-state index in [1.54, 1.807) is 6.07 Å². The van der Waals surface area contributed by atoms with Crippen molar-refractivity contribution in [2.24, 2.45) is 5.92 Å². The van der Waals surface area contributed by atoms with Crippen LogP contribution in [0.1, 0.15) is 30.7 Å². The molecule has 2 fully saturated rings. The van der Waals surface area contributed by atoms with Crippen LogP contribution in [0.3, 0.4) is 0 Å². The highest BCUT2D eigenvalue weighted by molar-refractivity contribution is 5.27. The molecule has 3 rings (SSSR count). The Balaban J connectivity index is 1.42. The molecule has 122 valence electrons. The van der Waals surface area contributed by atoms with E-state index in [0.29, 0.717) is 17.8 Å². The molecule has 0 radical (unpaired) electrons. The normalized spacial score (nSPS) is 24.0. The molecule has 1 atom stereocenters. The largest absolute Gasteiger partial charge is 0.506 e. The fourth-order valence-electron chi connectivity index (χ4n) is 3.15. The van der Waals surface area contributed by atoms with Crippen molar-refractivity contribution in [2.45, 2.75) is 38.8 Å². The maximum Gasteiger partial charge on any atom is 0.138 e. The molecule has 5 nitrogen and oxygen atoms in total. The topological polar surface area (TPSA) is 54.8 Å². The average Bonchev–Trinajstić information content (AvgIpc) is 3.04. The number of aromatic hydroxyl groups is 1. The molecule has 0 saturated carbocycles. The van der Waals surface area contributed by atoms with Gasteiger partial charge in [-0.3, -0.25) is 9.88 Å². The molecule has 1 aromatic rings. The second kappa shape index (κ2) is 7.40. The predicted molar refractivity (Wildman–Crippen MR) is 83.8 cm³/mol. The van der Waals surface area contributed by atoms with Crippen molar-refractivity contribution in [1.82, 2.24) is 9.88 Å². The molecule has 2 aliphatic rings. The molecule has 1 aromatic heterocycles. The molecule has 2 saturated heterocycles. The zero-order valence-electron chi connectivity index (χ0n) is 13.3. The minimum absolute atomic E-state index is 0.296. The van der Waals surface area contributed by atoms with E-state index in [4.69, 9.17) is 9.47 Å². The van der Waals surface area contributed by atoms with Gasteiger partial charge in [0.1, 0.15) is 5.75 Å². The van der Waals surface area contributed by atoms with Crippen LogP contribution in [-0.4, -0.2) is 54.0 Å². The first-order valence-electron chi connectivity index (χ1n) is 8.28. The van der Waals surface area contributed by atoms with Crippen molar-refractivity contribution in [1.29, 1.82) is 0 Å². The number of pyridine rings is 1. The lowest BCUT2D eigenvalue weighted by atomic mass is 10.1. The highest BCUT2D eigenvalue weighted by Crippen LogP contribution is 2.21. The van der Waals surface area contributed by atoms with Gasteiger partial charge in [-0.05, 0) is 38.3 Å². The van der Waals surface area contributed by atoms with Crippen molar-refractivity contribution in [3.8, 4) is 5.75 Å². The fourth-order valence-corrected chi connectivity index (χ4v) is 3.15. The van der Waals surface area contributed by atoms with Gasteiger partial charge < -0.3 is 14.6 Å². The first-order chi connectivity index (χ1) is 10.7. The summed E-state index contributed by atoms with van der Waals surface area (Å²) in [4.78, 5) is 6.78. The van der Waals surface area contributed by atoms with Crippen LogP contribution in [-0.2, 0) is 16.0 Å². The van der Waals surface area contributed by atoms with Gasteiger partial charge >= 0.3 is 0 Å². The highest BCUT2D eigenvalue weighted by atomic mass is 16.5. The Morgan fingerprint density at radius 3 is 2.86 bits per heavy atom. The monoisotopic (exact) mass is 306 g/mol. The molecule has 0 unspecified atom stereocenters. The lowest BCUT2D eigenvalue weighted by molar-refractivity contribution is -0.0119. The molecule has 1 N–H and O–H groups in total. The fraction of sp³-hybridized carbons (Fsp3) is 0.706. The first kappa shape index (κ1) is 15.7. The second-order valence-electron chi connectivity index (χ2n) is 6.46. The molecule has 2 aliphatic heterocycles. The summed E-state index contributed by atoms with van der Waals surface area (Å²) in [6.07, 6.45) is 3.62. The van der Waals surface area contributed by atoms with Gasteiger partial charge in [-0.15, -0.1) is 0 Å². The van der Waals surface area contributed by atoms with Crippen molar-refractivity contribution in [3.63, 3.8) is 0 Å². The maximum atomic E-state index is 9.90. The molecular weight excluding hydrogens is 280 g/mol. The Kier molecular flexibility index (Phi) is 5.28. The summed E-state index contributed by atoms with van der Waals surface area (Å²) < 4.78 is 11.4. The Morgan fingerprint density at radius 1 is 1.32 bits per heavy atom. The zero-order valence-corrected chi connectivity index (χ0v) is 13.3. The van der Waals surface area contributed by atoms with E-state index >= 15 is 0 Å². The third-order valence-corrected chi connectivity index (χ3v) is 4.59. The quantitative estimate of drug-likeness (QED) is 0.903. The molecule has 0 aliphatic carbocycles. The van der Waals surface area contributed by atoms with Gasteiger partial charge in [0.05, 0.1) is 25.0 Å². The van der Waals surface area contributed by atoms with Crippen LogP contribution in [0, 0.1) is 12.8 Å². The number of nitrogens with zero attached hydrogens (tertiary/aromatic N) is 2. The van der Waals surface area contributed by atoms with E-state index in [-0.39, 0.29) is 0 Å². The zero-order chi connectivity index (χ0) is 15.4. The summed E-state index contributed by atoms with van der Waals surface area (Å²) in [5.74, 6) is 0.886. The molecule has 0 aromatic carbocycles. The Hall–Kier alpha value is -1.17. The predicted octanol–water partition coefficient (Wildman–Crippen LogP) is 2.11. The summed E-state index contributed by atoms with van der Waals surface area (Å²) in [5, 5.41) is 9.90. The van der Waals surface area contributed by atoms with Crippen LogP contribution in [0.2, 0.25) is 0 Å². The van der Waals surface area contributed by atoms with E-state index < -0.39 is 0 Å². The number of ether oxygens (including phenoxy) is 2. The highest BCUT2D eigenvalue weighted by Gasteiger charge is 2.23. The molecular formula is C17H26N2O3. The van der Waals surface area contributed by atoms with E-state index in [0.717, 1.165) is 70.1 Å². The molecule has 5 heteroatoms. The number of aryl methyl sites for hydroxylation is 1. The number of likely N-dealkylation sites (tertiary alicyclic amines) is 1. The molecule has 3 heterocycles. The number of aromatic nitrogens is 1. The number of hydrogen-bond donors (Lipinski definition) is 1. The van der Waals surface area contributed by atoms with Gasteiger partial charge in [0.15, 0.2) is 0 Å². The third-order valence-electron chi connectivity index (χ3n) is 4.59.